The number of hydrogen-bond donors (Lipinski definition) is 0. The molecule has 2 unspecified atom stereocenters. The van der Waals surface area contributed by atoms with E-state index in [0.29, 0.717) is 19.1 Å². The van der Waals surface area contributed by atoms with Gasteiger partial charge in [0.2, 0.25) is 5.96 Å². The lowest BCUT2D eigenvalue weighted by molar-refractivity contribution is -0.136. The van der Waals surface area contributed by atoms with E-state index < -0.39 is 12.2 Å². The van der Waals surface area contributed by atoms with Crippen LogP contribution in [-0.2, 0) is 9.53 Å². The zero-order valence-electron chi connectivity index (χ0n) is 16.9. The summed E-state index contributed by atoms with van der Waals surface area (Å²) in [5.74, 6) is 0.469. The van der Waals surface area contributed by atoms with Gasteiger partial charge in [0.25, 0.3) is 5.91 Å². The van der Waals surface area contributed by atoms with Crippen LogP contribution in [0.5, 0.6) is 0 Å². The zero-order chi connectivity index (χ0) is 20.5. The molecule has 1 fully saturated rings. The maximum atomic E-state index is 13.2. The fourth-order valence-electron chi connectivity index (χ4n) is 3.89. The SMILES string of the molecule is COCCN1C(C)=CN2C1=NC1C2C(=O)N(C/C=C/c2ccccc2)C(=O)N1C. The first-order valence-corrected chi connectivity index (χ1v) is 9.63. The Hall–Kier alpha value is -3.13. The second-order valence-electron chi connectivity index (χ2n) is 7.27. The highest BCUT2D eigenvalue weighted by atomic mass is 16.5. The Labute approximate surface area is 170 Å². The molecule has 3 amide bonds. The number of nitrogens with zero attached hydrogens (tertiary/aromatic N) is 5. The molecule has 0 aromatic heterocycles. The van der Waals surface area contributed by atoms with Crippen LogP contribution in [0, 0.1) is 0 Å². The van der Waals surface area contributed by atoms with Gasteiger partial charge in [-0.3, -0.25) is 9.69 Å². The van der Waals surface area contributed by atoms with Gasteiger partial charge < -0.3 is 19.4 Å². The van der Waals surface area contributed by atoms with E-state index in [0.717, 1.165) is 11.3 Å². The van der Waals surface area contributed by atoms with Gasteiger partial charge >= 0.3 is 6.03 Å². The van der Waals surface area contributed by atoms with Gasteiger partial charge in [-0.1, -0.05) is 42.5 Å². The first-order chi connectivity index (χ1) is 14.0. The molecule has 4 rings (SSSR count). The maximum absolute atomic E-state index is 13.2. The van der Waals surface area contributed by atoms with E-state index >= 15 is 0 Å². The predicted octanol–water partition coefficient (Wildman–Crippen LogP) is 1.78. The van der Waals surface area contributed by atoms with Gasteiger partial charge in [0, 0.05) is 39.1 Å². The quantitative estimate of drug-likeness (QED) is 0.735. The van der Waals surface area contributed by atoms with Gasteiger partial charge in [-0.05, 0) is 12.5 Å². The zero-order valence-corrected chi connectivity index (χ0v) is 16.9. The number of carbonyl (C=O) groups excluding carboxylic acids is 2. The number of carbonyl (C=O) groups is 2. The number of likely N-dealkylation sites (N-methyl/N-ethyl adjacent to an activating group) is 1. The molecule has 1 aromatic rings. The van der Waals surface area contributed by atoms with Crippen molar-refractivity contribution in [2.45, 2.75) is 19.1 Å². The molecule has 1 aromatic carbocycles. The Bertz CT molecular complexity index is 895. The summed E-state index contributed by atoms with van der Waals surface area (Å²) in [6.07, 6.45) is 5.16. The van der Waals surface area contributed by atoms with Crippen LogP contribution < -0.4 is 0 Å². The van der Waals surface area contributed by atoms with Gasteiger partial charge in [0.15, 0.2) is 12.2 Å². The Balaban J connectivity index is 1.53. The summed E-state index contributed by atoms with van der Waals surface area (Å²) in [6.45, 7) is 3.39. The summed E-state index contributed by atoms with van der Waals surface area (Å²) >= 11 is 0. The number of hydrogen-bond acceptors (Lipinski definition) is 6. The summed E-state index contributed by atoms with van der Waals surface area (Å²) in [4.78, 5) is 37.5. The van der Waals surface area contributed by atoms with Crippen molar-refractivity contribution in [3.8, 4) is 0 Å². The molecule has 8 nitrogen and oxygen atoms in total. The molecule has 2 atom stereocenters. The number of urea groups is 1. The van der Waals surface area contributed by atoms with Crippen LogP contribution in [0.25, 0.3) is 6.08 Å². The van der Waals surface area contributed by atoms with E-state index in [1.54, 1.807) is 19.1 Å². The van der Waals surface area contributed by atoms with Crippen LogP contribution in [0.15, 0.2) is 53.3 Å². The number of aliphatic imine (C=N–C) groups is 1. The highest BCUT2D eigenvalue weighted by Crippen LogP contribution is 2.33. The summed E-state index contributed by atoms with van der Waals surface area (Å²) in [5, 5.41) is 0. The third kappa shape index (κ3) is 3.29. The normalized spacial score (nSPS) is 23.7. The number of imide groups is 1. The number of allylic oxidation sites excluding steroid dienone is 1. The standard InChI is InChI=1S/C21H25N5O3/c1-15-14-26-17-18(22-20(26)24(15)12-13-29-3)23(2)21(28)25(19(17)27)11-7-10-16-8-5-4-6-9-16/h4-10,14,17-18H,11-13H2,1-3H3/b10-7+. The van der Waals surface area contributed by atoms with Crippen LogP contribution in [0.2, 0.25) is 0 Å². The minimum absolute atomic E-state index is 0.222. The first kappa shape index (κ1) is 19.2. The van der Waals surface area contributed by atoms with Crippen molar-refractivity contribution >= 4 is 24.0 Å². The molecule has 0 N–H and O–H groups in total. The molecule has 0 aliphatic carbocycles. The molecule has 0 bridgehead atoms. The van der Waals surface area contributed by atoms with Crippen molar-refractivity contribution in [2.24, 2.45) is 4.99 Å². The Morgan fingerprint density at radius 3 is 2.66 bits per heavy atom. The second kappa shape index (κ2) is 7.71. The van der Waals surface area contributed by atoms with Gasteiger partial charge in [-0.2, -0.15) is 0 Å². The number of rotatable bonds is 6. The van der Waals surface area contributed by atoms with Gasteiger partial charge in [0.1, 0.15) is 0 Å². The third-order valence-corrected chi connectivity index (χ3v) is 5.42. The van der Waals surface area contributed by atoms with E-state index in [-0.39, 0.29) is 18.5 Å². The summed E-state index contributed by atoms with van der Waals surface area (Å²) in [6, 6.07) is 8.92. The van der Waals surface area contributed by atoms with Gasteiger partial charge in [-0.25, -0.2) is 9.79 Å². The number of benzene rings is 1. The number of ether oxygens (including phenoxy) is 1. The molecule has 29 heavy (non-hydrogen) atoms. The van der Waals surface area contributed by atoms with E-state index in [1.807, 2.05) is 65.4 Å². The Kier molecular flexibility index (Phi) is 5.10. The number of methoxy groups -OCH3 is 1. The molecule has 3 heterocycles. The van der Waals surface area contributed by atoms with Crippen LogP contribution >= 0.6 is 0 Å². The molecule has 1 saturated heterocycles. The van der Waals surface area contributed by atoms with Crippen molar-refractivity contribution < 1.29 is 14.3 Å². The fraction of sp³-hybridized carbons (Fsp3) is 0.381. The highest BCUT2D eigenvalue weighted by molar-refractivity contribution is 6.05. The second-order valence-corrected chi connectivity index (χ2v) is 7.27. The molecule has 152 valence electrons. The smallest absolute Gasteiger partial charge is 0.328 e. The van der Waals surface area contributed by atoms with Crippen LogP contribution in [-0.4, -0.2) is 83.6 Å². The number of amides is 3. The molecular formula is C21H25N5O3. The third-order valence-electron chi connectivity index (χ3n) is 5.42. The minimum atomic E-state index is -0.541. The molecule has 0 radical (unpaired) electrons. The van der Waals surface area contributed by atoms with E-state index in [4.69, 9.17) is 9.73 Å². The Morgan fingerprint density at radius 2 is 1.93 bits per heavy atom. The first-order valence-electron chi connectivity index (χ1n) is 9.63. The minimum Gasteiger partial charge on any atom is -0.383 e. The number of guanidine groups is 1. The average Bonchev–Trinajstić information content (AvgIpc) is 3.23. The molecular weight excluding hydrogens is 370 g/mol. The van der Waals surface area contributed by atoms with Crippen LogP contribution in [0.1, 0.15) is 12.5 Å². The molecule has 0 saturated carbocycles. The van der Waals surface area contributed by atoms with E-state index in [2.05, 4.69) is 0 Å². The topological polar surface area (TPSA) is 68.7 Å². The van der Waals surface area contributed by atoms with Crippen LogP contribution in [0.4, 0.5) is 4.79 Å². The lowest BCUT2D eigenvalue weighted by atomic mass is 10.1. The summed E-state index contributed by atoms with van der Waals surface area (Å²) in [7, 11) is 3.35. The fourth-order valence-corrected chi connectivity index (χ4v) is 3.89. The number of fused-ring (bicyclic) bond motifs is 3. The maximum Gasteiger partial charge on any atom is 0.328 e. The lowest BCUT2D eigenvalue weighted by Crippen LogP contribution is -2.64. The van der Waals surface area contributed by atoms with Crippen molar-refractivity contribution in [3.05, 3.63) is 53.9 Å². The largest absolute Gasteiger partial charge is 0.383 e. The molecule has 3 aliphatic rings. The van der Waals surface area contributed by atoms with Crippen molar-refractivity contribution in [1.29, 1.82) is 0 Å². The van der Waals surface area contributed by atoms with Crippen molar-refractivity contribution in [2.75, 3.05) is 33.9 Å². The van der Waals surface area contributed by atoms with Crippen molar-refractivity contribution in [1.82, 2.24) is 19.6 Å². The predicted molar refractivity (Wildman–Crippen MR) is 110 cm³/mol. The summed E-state index contributed by atoms with van der Waals surface area (Å²) in [5.41, 5.74) is 2.02. The van der Waals surface area contributed by atoms with E-state index in [9.17, 15) is 9.59 Å². The molecule has 0 spiro atoms. The average molecular weight is 395 g/mol. The van der Waals surface area contributed by atoms with Gasteiger partial charge in [0.05, 0.1) is 6.61 Å². The van der Waals surface area contributed by atoms with E-state index in [1.165, 1.54) is 4.90 Å². The molecule has 3 aliphatic heterocycles. The monoisotopic (exact) mass is 395 g/mol. The highest BCUT2D eigenvalue weighted by Gasteiger charge is 2.53. The Morgan fingerprint density at radius 1 is 1.17 bits per heavy atom. The summed E-state index contributed by atoms with van der Waals surface area (Å²) < 4.78 is 5.19. The van der Waals surface area contributed by atoms with Crippen molar-refractivity contribution in [3.63, 3.8) is 0 Å². The lowest BCUT2D eigenvalue weighted by Gasteiger charge is -2.39. The van der Waals surface area contributed by atoms with Crippen LogP contribution in [0.3, 0.4) is 0 Å². The molecule has 8 heteroatoms. The van der Waals surface area contributed by atoms with Gasteiger partial charge in [-0.15, -0.1) is 0 Å².